The SMILES string of the molecule is COc1ccc(-c2nnc(SCC(=O)NN=Cc3c4ccccc4cc4ccccc34)n2-c2ccccc2)cc1. The average Bonchev–Trinajstić information content (AvgIpc) is 3.44. The molecule has 1 amide bonds. The minimum Gasteiger partial charge on any atom is -0.497 e. The second-order valence-corrected chi connectivity index (χ2v) is 9.96. The van der Waals surface area contributed by atoms with E-state index in [1.807, 2.05) is 83.4 Å². The molecule has 0 aliphatic rings. The smallest absolute Gasteiger partial charge is 0.250 e. The molecule has 0 fully saturated rings. The number of benzene rings is 5. The Morgan fingerprint density at radius 1 is 0.875 bits per heavy atom. The van der Waals surface area contributed by atoms with E-state index in [1.54, 1.807) is 13.3 Å². The predicted molar refractivity (Wildman–Crippen MR) is 161 cm³/mol. The normalized spacial score (nSPS) is 11.3. The Morgan fingerprint density at radius 2 is 1.52 bits per heavy atom. The maximum Gasteiger partial charge on any atom is 0.250 e. The number of nitrogens with one attached hydrogen (secondary N) is 1. The van der Waals surface area contributed by atoms with E-state index in [0.717, 1.165) is 44.1 Å². The number of ether oxygens (including phenoxy) is 1. The van der Waals surface area contributed by atoms with Gasteiger partial charge in [-0.3, -0.25) is 9.36 Å². The number of aromatic nitrogens is 3. The van der Waals surface area contributed by atoms with Crippen molar-refractivity contribution in [2.24, 2.45) is 5.10 Å². The van der Waals surface area contributed by atoms with Gasteiger partial charge < -0.3 is 4.74 Å². The maximum absolute atomic E-state index is 12.8. The van der Waals surface area contributed by atoms with Crippen molar-refractivity contribution in [1.29, 1.82) is 0 Å². The third-order valence-corrected chi connectivity index (χ3v) is 7.45. The Hall–Kier alpha value is -4.95. The number of hydrazone groups is 1. The summed E-state index contributed by atoms with van der Waals surface area (Å²) in [4.78, 5) is 12.8. The van der Waals surface area contributed by atoms with Crippen LogP contribution in [-0.4, -0.2) is 39.7 Å². The van der Waals surface area contributed by atoms with Crippen LogP contribution in [0.15, 0.2) is 119 Å². The number of thioether (sulfide) groups is 1. The van der Waals surface area contributed by atoms with Crippen molar-refractivity contribution >= 4 is 45.4 Å². The number of nitrogens with zero attached hydrogens (tertiary/aromatic N) is 4. The summed E-state index contributed by atoms with van der Waals surface area (Å²) in [6.45, 7) is 0. The number of amides is 1. The number of carbonyl (C=O) groups excluding carboxylic acids is 1. The first-order valence-corrected chi connectivity index (χ1v) is 13.7. The molecule has 5 aromatic carbocycles. The second kappa shape index (κ2) is 11.4. The number of para-hydroxylation sites is 1. The molecule has 0 unspecified atom stereocenters. The van der Waals surface area contributed by atoms with E-state index in [2.05, 4.69) is 51.1 Å². The molecule has 1 aromatic heterocycles. The van der Waals surface area contributed by atoms with Crippen LogP contribution in [0.3, 0.4) is 0 Å². The number of fused-ring (bicyclic) bond motifs is 2. The molecule has 0 aliphatic carbocycles. The molecule has 0 bridgehead atoms. The van der Waals surface area contributed by atoms with Crippen molar-refractivity contribution in [1.82, 2.24) is 20.2 Å². The van der Waals surface area contributed by atoms with Gasteiger partial charge in [0.25, 0.3) is 5.91 Å². The lowest BCUT2D eigenvalue weighted by Gasteiger charge is -2.10. The van der Waals surface area contributed by atoms with Crippen LogP contribution in [0.1, 0.15) is 5.56 Å². The summed E-state index contributed by atoms with van der Waals surface area (Å²) < 4.78 is 7.24. The summed E-state index contributed by atoms with van der Waals surface area (Å²) in [7, 11) is 1.63. The van der Waals surface area contributed by atoms with E-state index in [1.165, 1.54) is 11.8 Å². The van der Waals surface area contributed by atoms with Gasteiger partial charge in [-0.05, 0) is 64.0 Å². The first-order chi connectivity index (χ1) is 19.7. The first kappa shape index (κ1) is 25.3. The van der Waals surface area contributed by atoms with Crippen LogP contribution >= 0.6 is 11.8 Å². The van der Waals surface area contributed by atoms with Crippen LogP contribution in [0.4, 0.5) is 0 Å². The van der Waals surface area contributed by atoms with Gasteiger partial charge in [-0.15, -0.1) is 10.2 Å². The van der Waals surface area contributed by atoms with Crippen molar-refractivity contribution in [3.8, 4) is 22.8 Å². The van der Waals surface area contributed by atoms with Gasteiger partial charge in [-0.2, -0.15) is 5.10 Å². The van der Waals surface area contributed by atoms with Gasteiger partial charge in [0, 0.05) is 16.8 Å². The average molecular weight is 544 g/mol. The van der Waals surface area contributed by atoms with E-state index in [9.17, 15) is 4.79 Å². The van der Waals surface area contributed by atoms with Gasteiger partial charge in [0.1, 0.15) is 5.75 Å². The van der Waals surface area contributed by atoms with Gasteiger partial charge in [0.05, 0.1) is 19.1 Å². The standard InChI is InChI=1S/C32H25N5O2S/c1-39-26-17-15-22(16-18-26)31-35-36-32(37(31)25-11-3-2-4-12-25)40-21-30(38)34-33-20-29-27-13-7-5-9-23(27)19-24-10-6-8-14-28(24)29/h2-20H,21H2,1H3,(H,34,38). The van der Waals surface area contributed by atoms with Gasteiger partial charge >= 0.3 is 0 Å². The molecule has 6 rings (SSSR count). The maximum atomic E-state index is 12.8. The predicted octanol–water partition coefficient (Wildman–Crippen LogP) is 6.49. The number of hydrogen-bond donors (Lipinski definition) is 1. The minimum absolute atomic E-state index is 0.126. The molecule has 1 N–H and O–H groups in total. The zero-order valence-electron chi connectivity index (χ0n) is 21.7. The third kappa shape index (κ3) is 5.17. The lowest BCUT2D eigenvalue weighted by molar-refractivity contribution is -0.118. The van der Waals surface area contributed by atoms with Crippen LogP contribution in [-0.2, 0) is 4.79 Å². The van der Waals surface area contributed by atoms with E-state index in [4.69, 9.17) is 4.74 Å². The number of rotatable bonds is 8. The highest BCUT2D eigenvalue weighted by Gasteiger charge is 2.17. The number of methoxy groups -OCH3 is 1. The Bertz CT molecular complexity index is 1780. The summed E-state index contributed by atoms with van der Waals surface area (Å²) in [5.74, 6) is 1.33. The first-order valence-electron chi connectivity index (χ1n) is 12.7. The van der Waals surface area contributed by atoms with Crippen molar-refractivity contribution in [2.75, 3.05) is 12.9 Å². The lowest BCUT2D eigenvalue weighted by atomic mass is 9.97. The van der Waals surface area contributed by atoms with E-state index in [-0.39, 0.29) is 11.7 Å². The zero-order chi connectivity index (χ0) is 27.3. The van der Waals surface area contributed by atoms with Gasteiger partial charge in [0.2, 0.25) is 0 Å². The highest BCUT2D eigenvalue weighted by Crippen LogP contribution is 2.29. The molecule has 0 spiro atoms. The Kier molecular flexibility index (Phi) is 7.24. The van der Waals surface area contributed by atoms with E-state index < -0.39 is 0 Å². The molecule has 7 nitrogen and oxygen atoms in total. The zero-order valence-corrected chi connectivity index (χ0v) is 22.5. The Labute approximate surface area is 235 Å². The van der Waals surface area contributed by atoms with Crippen LogP contribution in [0.5, 0.6) is 5.75 Å². The molecule has 0 aliphatic heterocycles. The fourth-order valence-electron chi connectivity index (χ4n) is 4.62. The monoisotopic (exact) mass is 543 g/mol. The molecule has 0 saturated carbocycles. The van der Waals surface area contributed by atoms with Crippen molar-refractivity contribution in [3.63, 3.8) is 0 Å². The fraction of sp³-hybridized carbons (Fsp3) is 0.0625. The number of hydrogen-bond acceptors (Lipinski definition) is 6. The lowest BCUT2D eigenvalue weighted by Crippen LogP contribution is -2.20. The third-order valence-electron chi connectivity index (χ3n) is 6.52. The highest BCUT2D eigenvalue weighted by molar-refractivity contribution is 7.99. The molecular weight excluding hydrogens is 518 g/mol. The van der Waals surface area contributed by atoms with Crippen molar-refractivity contribution < 1.29 is 9.53 Å². The molecule has 40 heavy (non-hydrogen) atoms. The summed E-state index contributed by atoms with van der Waals surface area (Å²) in [6.07, 6.45) is 1.72. The molecule has 0 radical (unpaired) electrons. The summed E-state index contributed by atoms with van der Waals surface area (Å²) in [6, 6.07) is 36.0. The van der Waals surface area contributed by atoms with Gasteiger partial charge in [-0.1, -0.05) is 78.5 Å². The quantitative estimate of drug-likeness (QED) is 0.103. The fourth-order valence-corrected chi connectivity index (χ4v) is 5.36. The minimum atomic E-state index is -0.237. The molecule has 1 heterocycles. The molecule has 6 aromatic rings. The summed E-state index contributed by atoms with van der Waals surface area (Å²) in [5.41, 5.74) is 5.44. The molecular formula is C32H25N5O2S. The Morgan fingerprint density at radius 3 is 2.20 bits per heavy atom. The van der Waals surface area contributed by atoms with Crippen LogP contribution in [0, 0.1) is 0 Å². The molecule has 196 valence electrons. The highest BCUT2D eigenvalue weighted by atomic mass is 32.2. The second-order valence-electron chi connectivity index (χ2n) is 9.02. The molecule has 0 atom stereocenters. The Balaban J connectivity index is 1.22. The van der Waals surface area contributed by atoms with Crippen LogP contribution in [0.2, 0.25) is 0 Å². The molecule has 0 saturated heterocycles. The van der Waals surface area contributed by atoms with Gasteiger partial charge in [0.15, 0.2) is 11.0 Å². The van der Waals surface area contributed by atoms with E-state index >= 15 is 0 Å². The van der Waals surface area contributed by atoms with Crippen molar-refractivity contribution in [3.05, 3.63) is 115 Å². The summed E-state index contributed by atoms with van der Waals surface area (Å²) >= 11 is 1.30. The van der Waals surface area contributed by atoms with E-state index in [0.29, 0.717) is 11.0 Å². The van der Waals surface area contributed by atoms with Gasteiger partial charge in [-0.25, -0.2) is 5.43 Å². The van der Waals surface area contributed by atoms with Crippen molar-refractivity contribution in [2.45, 2.75) is 5.16 Å². The van der Waals surface area contributed by atoms with Crippen LogP contribution < -0.4 is 10.2 Å². The van der Waals surface area contributed by atoms with Crippen LogP contribution in [0.25, 0.3) is 38.6 Å². The summed E-state index contributed by atoms with van der Waals surface area (Å²) in [5, 5.41) is 18.2. The molecule has 8 heteroatoms. The topological polar surface area (TPSA) is 81.4 Å². The number of carbonyl (C=O) groups is 1. The largest absolute Gasteiger partial charge is 0.497 e.